The molecule has 2 heterocycles. The number of benzene rings is 2. The third-order valence-corrected chi connectivity index (χ3v) is 5.61. The van der Waals surface area contributed by atoms with Crippen LogP contribution in [0.15, 0.2) is 54.6 Å². The van der Waals surface area contributed by atoms with E-state index in [9.17, 15) is 18.0 Å². The van der Waals surface area contributed by atoms with Gasteiger partial charge in [-0.1, -0.05) is 42.0 Å². The Balaban J connectivity index is 1.59. The molecule has 0 spiro atoms. The summed E-state index contributed by atoms with van der Waals surface area (Å²) in [5, 5.41) is 18.5. The maximum atomic E-state index is 13.9. The zero-order valence-corrected chi connectivity index (χ0v) is 17.9. The molecular weight excluding hydrogens is 431 g/mol. The average Bonchev–Trinajstić information content (AvgIpc) is 3.21. The average molecular weight is 453 g/mol. The van der Waals surface area contributed by atoms with E-state index in [0.717, 1.165) is 21.4 Å². The molecule has 1 aromatic heterocycles. The molecule has 6 nitrogen and oxygen atoms in total. The second-order valence-electron chi connectivity index (χ2n) is 8.07. The van der Waals surface area contributed by atoms with Crippen LogP contribution in [0, 0.1) is 18.3 Å². The lowest BCUT2D eigenvalue weighted by molar-refractivity contribution is -0.173. The summed E-state index contributed by atoms with van der Waals surface area (Å²) < 4.78 is 42.4. The number of alkyl halides is 3. The summed E-state index contributed by atoms with van der Waals surface area (Å²) in [6.45, 7) is 1.91. The topological polar surface area (TPSA) is 82.7 Å². The van der Waals surface area contributed by atoms with Gasteiger partial charge in [-0.25, -0.2) is 4.68 Å². The maximum absolute atomic E-state index is 13.9. The molecule has 33 heavy (non-hydrogen) atoms. The summed E-state index contributed by atoms with van der Waals surface area (Å²) >= 11 is 0. The second-order valence-corrected chi connectivity index (χ2v) is 8.07. The number of carbonyl (C=O) groups excluding carboxylic acids is 1. The first-order chi connectivity index (χ1) is 15.7. The van der Waals surface area contributed by atoms with Gasteiger partial charge in [0, 0.05) is 24.6 Å². The van der Waals surface area contributed by atoms with E-state index in [-0.39, 0.29) is 17.9 Å². The predicted octanol–water partition coefficient (Wildman–Crippen LogP) is 5.56. The van der Waals surface area contributed by atoms with Crippen LogP contribution in [0.1, 0.15) is 52.1 Å². The van der Waals surface area contributed by atoms with E-state index in [1.54, 1.807) is 30.3 Å². The summed E-state index contributed by atoms with van der Waals surface area (Å²) in [5.41, 5.74) is 3.00. The van der Waals surface area contributed by atoms with Gasteiger partial charge in [-0.2, -0.15) is 23.5 Å². The number of fused-ring (bicyclic) bond motifs is 1. The zero-order valence-electron chi connectivity index (χ0n) is 17.9. The van der Waals surface area contributed by atoms with Gasteiger partial charge in [-0.3, -0.25) is 4.79 Å². The van der Waals surface area contributed by atoms with Crippen LogP contribution in [-0.4, -0.2) is 21.9 Å². The highest BCUT2D eigenvalue weighted by Crippen LogP contribution is 2.43. The van der Waals surface area contributed by atoms with Crippen molar-refractivity contribution >= 4 is 17.4 Å². The highest BCUT2D eigenvalue weighted by molar-refractivity contribution is 6.03. The first kappa shape index (κ1) is 22.4. The third-order valence-electron chi connectivity index (χ3n) is 5.61. The molecule has 0 saturated carbocycles. The largest absolute Gasteiger partial charge is 0.410 e. The van der Waals surface area contributed by atoms with Crippen LogP contribution in [0.2, 0.25) is 0 Å². The molecule has 2 atom stereocenters. The Morgan fingerprint density at radius 1 is 1.24 bits per heavy atom. The smallest absolute Gasteiger partial charge is 0.363 e. The molecular formula is C24H22F3N5O. The van der Waals surface area contributed by atoms with Crippen molar-refractivity contribution in [3.63, 3.8) is 0 Å². The van der Waals surface area contributed by atoms with Gasteiger partial charge in [-0.15, -0.1) is 0 Å². The Kier molecular flexibility index (Phi) is 6.09. The van der Waals surface area contributed by atoms with Gasteiger partial charge in [0.1, 0.15) is 5.82 Å². The number of nitrogens with zero attached hydrogens (tertiary/aromatic N) is 3. The van der Waals surface area contributed by atoms with Crippen molar-refractivity contribution in [3.8, 4) is 6.07 Å². The molecule has 9 heteroatoms. The molecule has 1 amide bonds. The van der Waals surface area contributed by atoms with Crippen LogP contribution in [-0.2, 0) is 6.42 Å². The fourth-order valence-electron chi connectivity index (χ4n) is 3.90. The van der Waals surface area contributed by atoms with Gasteiger partial charge in [0.25, 0.3) is 5.91 Å². The normalized spacial score (nSPS) is 17.5. The summed E-state index contributed by atoms with van der Waals surface area (Å²) in [6, 6.07) is 15.3. The quantitative estimate of drug-likeness (QED) is 0.530. The monoisotopic (exact) mass is 453 g/mol. The molecule has 170 valence electrons. The molecule has 0 unspecified atom stereocenters. The summed E-state index contributed by atoms with van der Waals surface area (Å²) in [7, 11) is 0. The summed E-state index contributed by atoms with van der Waals surface area (Å²) in [6.07, 6.45) is -3.87. The van der Waals surface area contributed by atoms with E-state index in [1.165, 1.54) is 6.07 Å². The van der Waals surface area contributed by atoms with Crippen LogP contribution in [0.5, 0.6) is 0 Å². The lowest BCUT2D eigenvalue weighted by atomic mass is 9.96. The lowest BCUT2D eigenvalue weighted by Gasteiger charge is -2.33. The molecule has 4 rings (SSSR count). The Labute approximate surface area is 189 Å². The first-order valence-electron chi connectivity index (χ1n) is 10.5. The minimum atomic E-state index is -4.52. The number of nitrogens with one attached hydrogen (secondary N) is 2. The molecule has 1 aliphatic rings. The van der Waals surface area contributed by atoms with E-state index >= 15 is 0 Å². The van der Waals surface area contributed by atoms with E-state index in [1.807, 2.05) is 25.1 Å². The number of aromatic nitrogens is 2. The summed E-state index contributed by atoms with van der Waals surface area (Å²) in [5.74, 6) is -0.467. The Morgan fingerprint density at radius 2 is 2.00 bits per heavy atom. The highest BCUT2D eigenvalue weighted by Gasteiger charge is 2.46. The molecule has 0 fully saturated rings. The van der Waals surface area contributed by atoms with Crippen molar-refractivity contribution in [1.82, 2.24) is 9.78 Å². The molecule has 0 aliphatic carbocycles. The van der Waals surface area contributed by atoms with Crippen molar-refractivity contribution in [2.24, 2.45) is 0 Å². The van der Waals surface area contributed by atoms with Crippen molar-refractivity contribution in [2.75, 3.05) is 10.6 Å². The third kappa shape index (κ3) is 5.00. The van der Waals surface area contributed by atoms with Crippen LogP contribution in [0.25, 0.3) is 0 Å². The van der Waals surface area contributed by atoms with Gasteiger partial charge in [0.05, 0.1) is 12.1 Å². The number of hydrogen-bond acceptors (Lipinski definition) is 4. The van der Waals surface area contributed by atoms with Gasteiger partial charge < -0.3 is 10.6 Å². The molecule has 1 aliphatic heterocycles. The Bertz CT molecular complexity index is 1190. The fraction of sp³-hybridized carbons (Fsp3) is 0.292. The van der Waals surface area contributed by atoms with Crippen molar-refractivity contribution in [1.29, 1.82) is 5.26 Å². The number of carbonyl (C=O) groups is 1. The van der Waals surface area contributed by atoms with Crippen molar-refractivity contribution < 1.29 is 18.0 Å². The SMILES string of the molecule is Cc1ccc([C@H]2C[C@@H](C(F)(F)F)n3nc(C(=O)Nc4cccc(CCC#N)c4)cc3N2)cc1. The fourth-order valence-corrected chi connectivity index (χ4v) is 3.90. The number of halogens is 3. The number of hydrogen-bond donors (Lipinski definition) is 2. The van der Waals surface area contributed by atoms with E-state index in [4.69, 9.17) is 5.26 Å². The Morgan fingerprint density at radius 3 is 2.70 bits per heavy atom. The number of amides is 1. The molecule has 2 aromatic carbocycles. The molecule has 3 aromatic rings. The number of rotatable bonds is 5. The Hall–Kier alpha value is -3.80. The maximum Gasteiger partial charge on any atom is 0.410 e. The first-order valence-corrected chi connectivity index (χ1v) is 10.5. The second kappa shape index (κ2) is 8.98. The van der Waals surface area contributed by atoms with Gasteiger partial charge >= 0.3 is 6.18 Å². The van der Waals surface area contributed by atoms with Gasteiger partial charge in [-0.05, 0) is 36.6 Å². The molecule has 2 N–H and O–H groups in total. The molecule has 0 saturated heterocycles. The zero-order chi connectivity index (χ0) is 23.6. The van der Waals surface area contributed by atoms with Crippen LogP contribution in [0.3, 0.4) is 0 Å². The number of anilines is 2. The highest BCUT2D eigenvalue weighted by atomic mass is 19.4. The summed E-state index contributed by atoms with van der Waals surface area (Å²) in [4.78, 5) is 12.8. The van der Waals surface area contributed by atoms with Crippen LogP contribution >= 0.6 is 0 Å². The van der Waals surface area contributed by atoms with Crippen LogP contribution in [0.4, 0.5) is 24.7 Å². The lowest BCUT2D eigenvalue weighted by Crippen LogP contribution is -2.35. The minimum Gasteiger partial charge on any atom is -0.363 e. The van der Waals surface area contributed by atoms with Crippen molar-refractivity contribution in [2.45, 2.75) is 44.4 Å². The number of nitriles is 1. The van der Waals surface area contributed by atoms with Crippen LogP contribution < -0.4 is 10.6 Å². The molecule has 0 bridgehead atoms. The number of aryl methyl sites for hydroxylation is 2. The van der Waals surface area contributed by atoms with E-state index in [2.05, 4.69) is 21.8 Å². The minimum absolute atomic E-state index is 0.112. The van der Waals surface area contributed by atoms with Gasteiger partial charge in [0.15, 0.2) is 11.7 Å². The van der Waals surface area contributed by atoms with E-state index in [0.29, 0.717) is 18.5 Å². The van der Waals surface area contributed by atoms with Gasteiger partial charge in [0.2, 0.25) is 0 Å². The standard InChI is InChI=1S/C24H22F3N5O/c1-15-7-9-17(10-8-15)19-13-21(24(25,26)27)32-22(30-19)14-20(31-32)23(33)29-18-6-2-4-16(12-18)5-3-11-28/h2,4,6-10,12,14,19,21,30H,3,5,13H2,1H3,(H,29,33)/t19-,21+/m1/s1. The van der Waals surface area contributed by atoms with E-state index < -0.39 is 24.2 Å². The molecule has 0 radical (unpaired) electrons. The predicted molar refractivity (Wildman–Crippen MR) is 118 cm³/mol. The van der Waals surface area contributed by atoms with Crippen molar-refractivity contribution in [3.05, 3.63) is 77.0 Å².